The minimum Gasteiger partial charge on any atom is -0.496 e. The van der Waals surface area contributed by atoms with Gasteiger partial charge in [-0.3, -0.25) is 4.79 Å². The van der Waals surface area contributed by atoms with Crippen LogP contribution in [-0.4, -0.2) is 34.1 Å². The zero-order valence-electron chi connectivity index (χ0n) is 15.8. The van der Waals surface area contributed by atoms with E-state index < -0.39 is 22.0 Å². The highest BCUT2D eigenvalue weighted by molar-refractivity contribution is 7.89. The predicted octanol–water partition coefficient (Wildman–Crippen LogP) is 2.71. The third kappa shape index (κ3) is 5.21. The molecule has 146 valence electrons. The summed E-state index contributed by atoms with van der Waals surface area (Å²) < 4.78 is 38.1. The van der Waals surface area contributed by atoms with Crippen molar-refractivity contribution in [2.45, 2.75) is 31.7 Å². The molecule has 0 saturated carbocycles. The van der Waals surface area contributed by atoms with Gasteiger partial charge in [0, 0.05) is 0 Å². The number of methoxy groups -OCH3 is 1. The Morgan fingerprint density at radius 2 is 1.85 bits per heavy atom. The number of hydrogen-bond acceptors (Lipinski definition) is 5. The first-order valence-corrected chi connectivity index (χ1v) is 9.96. The first-order chi connectivity index (χ1) is 12.8. The van der Waals surface area contributed by atoms with E-state index in [2.05, 4.69) is 10.0 Å². The molecule has 0 aliphatic heterocycles. The third-order valence-corrected chi connectivity index (χ3v) is 5.38. The molecule has 1 atom stereocenters. The summed E-state index contributed by atoms with van der Waals surface area (Å²) in [4.78, 5) is 12.5. The Kier molecular flexibility index (Phi) is 6.81. The van der Waals surface area contributed by atoms with Crippen molar-refractivity contribution in [2.24, 2.45) is 0 Å². The molecule has 1 unspecified atom stereocenters. The van der Waals surface area contributed by atoms with E-state index in [0.717, 1.165) is 0 Å². The number of hydrogen-bond donors (Lipinski definition) is 2. The fraction of sp³-hybridized carbons (Fsp3) is 0.316. The molecule has 1 amide bonds. The number of nitrogens with one attached hydrogen (secondary N) is 2. The van der Waals surface area contributed by atoms with Gasteiger partial charge in [0.1, 0.15) is 11.5 Å². The van der Waals surface area contributed by atoms with Gasteiger partial charge in [0.25, 0.3) is 0 Å². The highest BCUT2D eigenvalue weighted by atomic mass is 32.2. The lowest BCUT2D eigenvalue weighted by Crippen LogP contribution is -2.41. The average molecular weight is 392 g/mol. The van der Waals surface area contributed by atoms with Gasteiger partial charge in [-0.2, -0.15) is 4.72 Å². The molecule has 2 N–H and O–H groups in total. The van der Waals surface area contributed by atoms with Crippen LogP contribution < -0.4 is 19.5 Å². The van der Waals surface area contributed by atoms with E-state index in [1.807, 2.05) is 6.92 Å². The minimum atomic E-state index is -3.86. The number of ether oxygens (including phenoxy) is 2. The summed E-state index contributed by atoms with van der Waals surface area (Å²) in [6, 6.07) is 10.5. The van der Waals surface area contributed by atoms with Gasteiger partial charge in [-0.05, 0) is 56.7 Å². The van der Waals surface area contributed by atoms with Crippen molar-refractivity contribution in [2.75, 3.05) is 19.0 Å². The molecule has 0 radical (unpaired) electrons. The molecule has 7 nitrogen and oxygen atoms in total. The van der Waals surface area contributed by atoms with Crippen LogP contribution >= 0.6 is 0 Å². The molecule has 27 heavy (non-hydrogen) atoms. The average Bonchev–Trinajstić information content (AvgIpc) is 2.63. The Balaban J connectivity index is 2.12. The Labute approximate surface area is 159 Å². The zero-order chi connectivity index (χ0) is 20.0. The van der Waals surface area contributed by atoms with Gasteiger partial charge in [-0.25, -0.2) is 8.42 Å². The van der Waals surface area contributed by atoms with E-state index in [0.29, 0.717) is 29.4 Å². The lowest BCUT2D eigenvalue weighted by molar-refractivity contribution is -0.117. The highest BCUT2D eigenvalue weighted by Crippen LogP contribution is 2.24. The van der Waals surface area contributed by atoms with Crippen molar-refractivity contribution in [3.8, 4) is 11.5 Å². The minimum absolute atomic E-state index is 0.0650. The number of benzene rings is 2. The van der Waals surface area contributed by atoms with Crippen molar-refractivity contribution in [1.29, 1.82) is 0 Å². The second-order valence-electron chi connectivity index (χ2n) is 5.89. The summed E-state index contributed by atoms with van der Waals surface area (Å²) >= 11 is 0. The topological polar surface area (TPSA) is 93.7 Å². The summed E-state index contributed by atoms with van der Waals surface area (Å²) in [5.41, 5.74) is 1.17. The van der Waals surface area contributed by atoms with Crippen LogP contribution in [0.15, 0.2) is 47.4 Å². The number of amides is 1. The Hall–Kier alpha value is -2.58. The number of sulfonamides is 1. The van der Waals surface area contributed by atoms with Crippen LogP contribution in [0, 0.1) is 6.92 Å². The van der Waals surface area contributed by atoms with Crippen molar-refractivity contribution in [3.63, 3.8) is 0 Å². The van der Waals surface area contributed by atoms with E-state index in [1.165, 1.54) is 26.2 Å². The van der Waals surface area contributed by atoms with Gasteiger partial charge >= 0.3 is 0 Å². The number of carbonyl (C=O) groups is 1. The van der Waals surface area contributed by atoms with E-state index in [4.69, 9.17) is 9.47 Å². The molecule has 2 aromatic carbocycles. The van der Waals surface area contributed by atoms with Crippen molar-refractivity contribution in [1.82, 2.24) is 4.72 Å². The number of aryl methyl sites for hydroxylation is 1. The number of anilines is 1. The van der Waals surface area contributed by atoms with Gasteiger partial charge < -0.3 is 14.8 Å². The number of para-hydroxylation sites is 2. The first-order valence-electron chi connectivity index (χ1n) is 8.48. The monoisotopic (exact) mass is 392 g/mol. The Morgan fingerprint density at radius 3 is 2.48 bits per heavy atom. The molecular formula is C19H24N2O5S. The predicted molar refractivity (Wildman–Crippen MR) is 104 cm³/mol. The van der Waals surface area contributed by atoms with Gasteiger partial charge in [-0.1, -0.05) is 12.1 Å². The van der Waals surface area contributed by atoms with Gasteiger partial charge in [0.2, 0.25) is 15.9 Å². The van der Waals surface area contributed by atoms with Crippen LogP contribution in [0.25, 0.3) is 0 Å². The number of carbonyl (C=O) groups excluding carboxylic acids is 1. The van der Waals surface area contributed by atoms with E-state index >= 15 is 0 Å². The van der Waals surface area contributed by atoms with Crippen molar-refractivity contribution in [3.05, 3.63) is 48.0 Å². The standard InChI is InChI=1S/C19H24N2O5S/c1-5-26-18-9-7-6-8-16(18)20-19(22)14(3)21-27(23,24)15-10-11-17(25-4)13(2)12-15/h6-12,14,21H,5H2,1-4H3,(H,20,22). The van der Waals surface area contributed by atoms with Crippen LogP contribution in [0.5, 0.6) is 11.5 Å². The molecule has 0 fully saturated rings. The second kappa shape index (κ2) is 8.88. The molecule has 0 aromatic heterocycles. The van der Waals surface area contributed by atoms with E-state index in [1.54, 1.807) is 37.3 Å². The normalized spacial score (nSPS) is 12.3. The summed E-state index contributed by atoms with van der Waals surface area (Å²) in [5, 5.41) is 2.69. The zero-order valence-corrected chi connectivity index (χ0v) is 16.6. The van der Waals surface area contributed by atoms with Gasteiger partial charge in [0.05, 0.1) is 30.3 Å². The summed E-state index contributed by atoms with van der Waals surface area (Å²) in [5.74, 6) is 0.623. The molecule has 0 aliphatic rings. The number of rotatable bonds is 8. The maximum atomic E-state index is 12.6. The summed E-state index contributed by atoms with van der Waals surface area (Å²) in [6.07, 6.45) is 0. The molecule has 0 aliphatic carbocycles. The molecular weight excluding hydrogens is 368 g/mol. The SMILES string of the molecule is CCOc1ccccc1NC(=O)C(C)NS(=O)(=O)c1ccc(OC)c(C)c1. The molecule has 0 saturated heterocycles. The van der Waals surface area contributed by atoms with E-state index in [-0.39, 0.29) is 4.90 Å². The van der Waals surface area contributed by atoms with Gasteiger partial charge in [0.15, 0.2) is 0 Å². The fourth-order valence-corrected chi connectivity index (χ4v) is 3.75. The van der Waals surface area contributed by atoms with Gasteiger partial charge in [-0.15, -0.1) is 0 Å². The Morgan fingerprint density at radius 1 is 1.15 bits per heavy atom. The maximum absolute atomic E-state index is 12.6. The highest BCUT2D eigenvalue weighted by Gasteiger charge is 2.23. The van der Waals surface area contributed by atoms with Crippen LogP contribution in [0.3, 0.4) is 0 Å². The lowest BCUT2D eigenvalue weighted by Gasteiger charge is -2.17. The molecule has 8 heteroatoms. The summed E-state index contributed by atoms with van der Waals surface area (Å²) in [6.45, 7) is 5.52. The maximum Gasteiger partial charge on any atom is 0.242 e. The third-order valence-electron chi connectivity index (χ3n) is 3.85. The molecule has 0 spiro atoms. The van der Waals surface area contributed by atoms with E-state index in [9.17, 15) is 13.2 Å². The largest absolute Gasteiger partial charge is 0.496 e. The first kappa shape index (κ1) is 20.7. The van der Waals surface area contributed by atoms with Crippen LogP contribution in [0.2, 0.25) is 0 Å². The molecule has 0 bridgehead atoms. The molecule has 2 rings (SSSR count). The smallest absolute Gasteiger partial charge is 0.242 e. The van der Waals surface area contributed by atoms with Crippen molar-refractivity contribution >= 4 is 21.6 Å². The molecule has 2 aromatic rings. The molecule has 0 heterocycles. The van der Waals surface area contributed by atoms with Crippen LogP contribution in [0.1, 0.15) is 19.4 Å². The summed E-state index contributed by atoms with van der Waals surface area (Å²) in [7, 11) is -2.35. The van der Waals surface area contributed by atoms with Crippen LogP contribution in [-0.2, 0) is 14.8 Å². The quantitative estimate of drug-likeness (QED) is 0.720. The lowest BCUT2D eigenvalue weighted by atomic mass is 10.2. The second-order valence-corrected chi connectivity index (χ2v) is 7.61. The van der Waals surface area contributed by atoms with Crippen LogP contribution in [0.4, 0.5) is 5.69 Å². The van der Waals surface area contributed by atoms with Crippen molar-refractivity contribution < 1.29 is 22.7 Å². The fourth-order valence-electron chi connectivity index (χ4n) is 2.46. The Bertz CT molecular complexity index is 912.